The number of carbonyl (C=O) groups is 2. The molecule has 7 nitrogen and oxygen atoms in total. The first-order valence-electron chi connectivity index (χ1n) is 8.22. The van der Waals surface area contributed by atoms with Crippen molar-refractivity contribution < 1.29 is 9.59 Å². The molecule has 1 aromatic heterocycles. The van der Waals surface area contributed by atoms with E-state index < -0.39 is 11.9 Å². The van der Waals surface area contributed by atoms with Crippen LogP contribution in [0.3, 0.4) is 0 Å². The van der Waals surface area contributed by atoms with E-state index in [0.717, 1.165) is 10.8 Å². The molecule has 8 heteroatoms. The van der Waals surface area contributed by atoms with Crippen LogP contribution in [-0.2, 0) is 9.59 Å². The fraction of sp³-hybridized carbons (Fsp3) is 0.222. The lowest BCUT2D eigenvalue weighted by Crippen LogP contribution is -2.57. The number of carbonyl (C=O) groups excluding carboxylic acids is 2. The number of nitrogens with zero attached hydrogens (tertiary/aromatic N) is 3. The predicted octanol–water partition coefficient (Wildman–Crippen LogP) is 2.47. The highest BCUT2D eigenvalue weighted by Crippen LogP contribution is 2.18. The quantitative estimate of drug-likeness (QED) is 0.791. The predicted molar refractivity (Wildman–Crippen MR) is 103 cm³/mol. The highest BCUT2D eigenvalue weighted by atomic mass is 32.2. The van der Waals surface area contributed by atoms with Gasteiger partial charge in [-0.1, -0.05) is 25.1 Å². The molecule has 134 valence electrons. The number of nitrogens with one attached hydrogen (secondary N) is 2. The minimum atomic E-state index is -0.654. The van der Waals surface area contributed by atoms with E-state index in [1.165, 1.54) is 5.01 Å². The van der Waals surface area contributed by atoms with Gasteiger partial charge in [-0.25, -0.2) is 15.0 Å². The zero-order valence-electron chi connectivity index (χ0n) is 14.5. The second-order valence-electron chi connectivity index (χ2n) is 5.55. The summed E-state index contributed by atoms with van der Waals surface area (Å²) in [6.45, 7) is 3.71. The van der Waals surface area contributed by atoms with Crippen molar-refractivity contribution >= 4 is 40.8 Å². The number of para-hydroxylation sites is 1. The number of aliphatic imine (C=N–C) groups is 1. The Balaban J connectivity index is 1.74. The fourth-order valence-electron chi connectivity index (χ4n) is 2.38. The Bertz CT molecular complexity index is 823. The molecular formula is C18H19N5O2S. The van der Waals surface area contributed by atoms with Gasteiger partial charge in [0.05, 0.1) is 22.6 Å². The molecule has 1 aromatic carbocycles. The van der Waals surface area contributed by atoms with E-state index in [2.05, 4.69) is 27.6 Å². The first-order chi connectivity index (χ1) is 12.6. The van der Waals surface area contributed by atoms with E-state index in [9.17, 15) is 9.59 Å². The molecule has 0 spiro atoms. The van der Waals surface area contributed by atoms with Gasteiger partial charge in [0.25, 0.3) is 11.8 Å². The van der Waals surface area contributed by atoms with Crippen LogP contribution in [0.2, 0.25) is 0 Å². The van der Waals surface area contributed by atoms with Gasteiger partial charge < -0.3 is 5.32 Å². The average Bonchev–Trinajstić information content (AvgIpc) is 2.66. The normalized spacial score (nSPS) is 16.7. The first kappa shape index (κ1) is 17.9. The number of amidine groups is 1. The molecule has 1 unspecified atom stereocenters. The Morgan fingerprint density at radius 3 is 2.69 bits per heavy atom. The summed E-state index contributed by atoms with van der Waals surface area (Å²) in [5, 5.41) is 4.98. The van der Waals surface area contributed by atoms with Gasteiger partial charge in [0.2, 0.25) is 5.84 Å². The lowest BCUT2D eigenvalue weighted by molar-refractivity contribution is -0.120. The summed E-state index contributed by atoms with van der Waals surface area (Å²) in [6, 6.07) is 12.1. The van der Waals surface area contributed by atoms with Crippen LogP contribution < -0.4 is 15.8 Å². The molecule has 2 N–H and O–H groups in total. The van der Waals surface area contributed by atoms with Gasteiger partial charge in [-0.2, -0.15) is 0 Å². The van der Waals surface area contributed by atoms with Gasteiger partial charge in [-0.05, 0) is 36.9 Å². The molecule has 0 saturated heterocycles. The molecule has 0 radical (unpaired) electrons. The average molecular weight is 369 g/mol. The molecule has 2 aromatic rings. The van der Waals surface area contributed by atoms with Gasteiger partial charge in [0.1, 0.15) is 6.04 Å². The van der Waals surface area contributed by atoms with Crippen molar-refractivity contribution in [2.75, 3.05) is 16.1 Å². The molecule has 0 fully saturated rings. The molecule has 1 aliphatic rings. The van der Waals surface area contributed by atoms with Gasteiger partial charge in [-0.3, -0.25) is 15.0 Å². The number of hydrazine groups is 1. The summed E-state index contributed by atoms with van der Waals surface area (Å²) >= 11 is 1.63. The molecule has 0 aliphatic carbocycles. The van der Waals surface area contributed by atoms with Crippen LogP contribution in [-0.4, -0.2) is 34.4 Å². The Labute approximate surface area is 155 Å². The summed E-state index contributed by atoms with van der Waals surface area (Å²) in [6.07, 6.45) is 1.60. The van der Waals surface area contributed by atoms with Gasteiger partial charge >= 0.3 is 0 Å². The second-order valence-corrected chi connectivity index (χ2v) is 6.83. The van der Waals surface area contributed by atoms with Crippen molar-refractivity contribution in [1.29, 1.82) is 0 Å². The van der Waals surface area contributed by atoms with Crippen molar-refractivity contribution in [2.24, 2.45) is 4.99 Å². The Morgan fingerprint density at radius 1 is 1.27 bits per heavy atom. The number of thioether (sulfide) groups is 1. The number of anilines is 2. The van der Waals surface area contributed by atoms with E-state index in [1.54, 1.807) is 43.1 Å². The lowest BCUT2D eigenvalue weighted by Gasteiger charge is -2.30. The molecule has 26 heavy (non-hydrogen) atoms. The van der Waals surface area contributed by atoms with Crippen LogP contribution in [0, 0.1) is 0 Å². The Hall–Kier alpha value is -2.87. The number of pyridine rings is 1. The smallest absolute Gasteiger partial charge is 0.292 e. The van der Waals surface area contributed by atoms with E-state index in [4.69, 9.17) is 0 Å². The maximum Gasteiger partial charge on any atom is 0.292 e. The maximum absolute atomic E-state index is 12.5. The minimum Gasteiger partial charge on any atom is -0.318 e. The van der Waals surface area contributed by atoms with E-state index in [-0.39, 0.29) is 11.7 Å². The molecule has 1 atom stereocenters. The zero-order valence-corrected chi connectivity index (χ0v) is 15.3. The van der Waals surface area contributed by atoms with Crippen molar-refractivity contribution in [3.63, 3.8) is 0 Å². The van der Waals surface area contributed by atoms with Crippen LogP contribution in [0.4, 0.5) is 11.4 Å². The second kappa shape index (κ2) is 8.01. The number of hydrogen-bond acceptors (Lipinski definition) is 6. The number of rotatable bonds is 5. The van der Waals surface area contributed by atoms with Crippen LogP contribution in [0.5, 0.6) is 0 Å². The number of hydrogen-bond donors (Lipinski definition) is 2. The molecule has 2 amide bonds. The molecule has 2 heterocycles. The lowest BCUT2D eigenvalue weighted by atomic mass is 10.2. The number of benzene rings is 1. The van der Waals surface area contributed by atoms with Crippen molar-refractivity contribution in [2.45, 2.75) is 24.9 Å². The monoisotopic (exact) mass is 369 g/mol. The third-order valence-corrected chi connectivity index (χ3v) is 4.46. The van der Waals surface area contributed by atoms with Crippen LogP contribution in [0.25, 0.3) is 0 Å². The molecule has 3 rings (SSSR count). The van der Waals surface area contributed by atoms with Gasteiger partial charge in [0.15, 0.2) is 0 Å². The first-order valence-corrected chi connectivity index (χ1v) is 9.20. The van der Waals surface area contributed by atoms with E-state index in [1.807, 2.05) is 24.3 Å². The third kappa shape index (κ3) is 4.02. The van der Waals surface area contributed by atoms with E-state index >= 15 is 0 Å². The number of amides is 2. The van der Waals surface area contributed by atoms with Crippen molar-refractivity contribution in [3.05, 3.63) is 48.7 Å². The molecule has 1 aliphatic heterocycles. The highest BCUT2D eigenvalue weighted by molar-refractivity contribution is 7.99. The van der Waals surface area contributed by atoms with Gasteiger partial charge in [-0.15, -0.1) is 11.8 Å². The van der Waals surface area contributed by atoms with Gasteiger partial charge in [0, 0.05) is 0 Å². The molecule has 0 bridgehead atoms. The van der Waals surface area contributed by atoms with Crippen LogP contribution in [0.15, 0.2) is 58.7 Å². The standard InChI is InChI=1S/C18H19N5O2S/c1-3-26-15-10-9-13(11-19-15)21-17(24)16-20-12(2)18(25)23(22-16)14-7-5-4-6-8-14/h4-12H,3H2,1-2H3,(H,20,22)(H,21,24). The summed E-state index contributed by atoms with van der Waals surface area (Å²) in [4.78, 5) is 33.3. The topological polar surface area (TPSA) is 86.7 Å². The third-order valence-electron chi connectivity index (χ3n) is 3.63. The summed E-state index contributed by atoms with van der Waals surface area (Å²) in [5.41, 5.74) is 4.01. The van der Waals surface area contributed by atoms with Crippen molar-refractivity contribution in [3.8, 4) is 0 Å². The summed E-state index contributed by atoms with van der Waals surface area (Å²) in [5.74, 6) is 0.354. The number of aromatic nitrogens is 1. The summed E-state index contributed by atoms with van der Waals surface area (Å²) in [7, 11) is 0. The zero-order chi connectivity index (χ0) is 18.5. The summed E-state index contributed by atoms with van der Waals surface area (Å²) < 4.78 is 0. The van der Waals surface area contributed by atoms with Crippen LogP contribution >= 0.6 is 11.8 Å². The fourth-order valence-corrected chi connectivity index (χ4v) is 2.97. The minimum absolute atomic E-state index is 0.0768. The SMILES string of the molecule is CCSc1ccc(NC(=O)C2=NC(C)C(=O)N(c3ccccc3)N2)cn1. The van der Waals surface area contributed by atoms with Crippen molar-refractivity contribution in [1.82, 2.24) is 10.4 Å². The van der Waals surface area contributed by atoms with Crippen LogP contribution in [0.1, 0.15) is 13.8 Å². The maximum atomic E-state index is 12.5. The largest absolute Gasteiger partial charge is 0.318 e. The molecule has 0 saturated carbocycles. The molecular weight excluding hydrogens is 350 g/mol. The highest BCUT2D eigenvalue weighted by Gasteiger charge is 2.30. The Kier molecular flexibility index (Phi) is 5.52. The Morgan fingerprint density at radius 2 is 2.04 bits per heavy atom. The van der Waals surface area contributed by atoms with E-state index in [0.29, 0.717) is 11.4 Å².